The van der Waals surface area contributed by atoms with Gasteiger partial charge in [0.25, 0.3) is 5.91 Å². The summed E-state index contributed by atoms with van der Waals surface area (Å²) in [7, 11) is 0. The molecule has 3 rings (SSSR count). The van der Waals surface area contributed by atoms with Crippen LogP contribution in [0.2, 0.25) is 10.0 Å². The number of amides is 2. The average Bonchev–Trinajstić information content (AvgIpc) is 3.03. The standard InChI is InChI=1S/C20H18Cl2N2O4/c1-12-3-2-4-15(7-12)23-18(25)11-28-20(27)13-8-19(26)24(10-13)17-9-14(21)5-6-16(17)22/h2-7,9,13H,8,10-11H2,1H3,(H,23,25)/t13-/m0/s1. The number of carbonyl (C=O) groups is 3. The molecule has 0 radical (unpaired) electrons. The number of carbonyl (C=O) groups excluding carboxylic acids is 3. The van der Waals surface area contributed by atoms with Gasteiger partial charge in [0.15, 0.2) is 6.61 Å². The minimum absolute atomic E-state index is 0.0127. The molecule has 8 heteroatoms. The van der Waals surface area contributed by atoms with Crippen molar-refractivity contribution >= 4 is 52.4 Å². The van der Waals surface area contributed by atoms with Crippen molar-refractivity contribution in [2.45, 2.75) is 13.3 Å². The van der Waals surface area contributed by atoms with Gasteiger partial charge in [-0.2, -0.15) is 0 Å². The molecule has 146 valence electrons. The normalized spacial score (nSPS) is 16.2. The van der Waals surface area contributed by atoms with Crippen LogP contribution in [0.1, 0.15) is 12.0 Å². The first-order chi connectivity index (χ1) is 13.3. The van der Waals surface area contributed by atoms with Crippen LogP contribution >= 0.6 is 23.2 Å². The maximum absolute atomic E-state index is 12.3. The number of rotatable bonds is 5. The van der Waals surface area contributed by atoms with Crippen LogP contribution in [0.5, 0.6) is 0 Å². The van der Waals surface area contributed by atoms with E-state index >= 15 is 0 Å². The fourth-order valence-electron chi connectivity index (χ4n) is 2.97. The Bertz CT molecular complexity index is 932. The van der Waals surface area contributed by atoms with Crippen LogP contribution in [-0.4, -0.2) is 30.9 Å². The molecule has 1 saturated heterocycles. The number of esters is 1. The van der Waals surface area contributed by atoms with Crippen molar-refractivity contribution in [3.05, 3.63) is 58.1 Å². The van der Waals surface area contributed by atoms with E-state index in [-0.39, 0.29) is 18.9 Å². The van der Waals surface area contributed by atoms with Crippen molar-refractivity contribution in [3.8, 4) is 0 Å². The van der Waals surface area contributed by atoms with Crippen LogP contribution in [-0.2, 0) is 19.1 Å². The van der Waals surface area contributed by atoms with Gasteiger partial charge in [-0.25, -0.2) is 0 Å². The van der Waals surface area contributed by atoms with Crippen molar-refractivity contribution in [1.82, 2.24) is 0 Å². The van der Waals surface area contributed by atoms with E-state index in [9.17, 15) is 14.4 Å². The van der Waals surface area contributed by atoms with Crippen molar-refractivity contribution in [1.29, 1.82) is 0 Å². The molecule has 1 atom stereocenters. The molecule has 0 spiro atoms. The fraction of sp³-hybridized carbons (Fsp3) is 0.250. The van der Waals surface area contributed by atoms with Gasteiger partial charge in [-0.3, -0.25) is 14.4 Å². The highest BCUT2D eigenvalue weighted by atomic mass is 35.5. The van der Waals surface area contributed by atoms with Crippen molar-refractivity contribution in [2.75, 3.05) is 23.4 Å². The third-order valence-electron chi connectivity index (χ3n) is 4.30. The Kier molecular flexibility index (Phi) is 6.21. The van der Waals surface area contributed by atoms with Gasteiger partial charge >= 0.3 is 5.97 Å². The summed E-state index contributed by atoms with van der Waals surface area (Å²) < 4.78 is 5.09. The van der Waals surface area contributed by atoms with E-state index in [1.54, 1.807) is 24.3 Å². The number of halogens is 2. The molecule has 28 heavy (non-hydrogen) atoms. The molecule has 0 bridgehead atoms. The fourth-order valence-corrected chi connectivity index (χ4v) is 3.35. The van der Waals surface area contributed by atoms with Crippen molar-refractivity contribution < 1.29 is 19.1 Å². The average molecular weight is 421 g/mol. The van der Waals surface area contributed by atoms with Crippen LogP contribution in [0.3, 0.4) is 0 Å². The Hall–Kier alpha value is -2.57. The number of ether oxygens (including phenoxy) is 1. The summed E-state index contributed by atoms with van der Waals surface area (Å²) in [5.74, 6) is -1.98. The molecule has 1 N–H and O–H groups in total. The smallest absolute Gasteiger partial charge is 0.311 e. The highest BCUT2D eigenvalue weighted by molar-refractivity contribution is 6.35. The summed E-state index contributed by atoms with van der Waals surface area (Å²) in [5, 5.41) is 3.46. The van der Waals surface area contributed by atoms with E-state index in [2.05, 4.69) is 5.32 Å². The number of nitrogens with one attached hydrogen (secondary N) is 1. The lowest BCUT2D eigenvalue weighted by Crippen LogP contribution is -2.28. The van der Waals surface area contributed by atoms with E-state index in [4.69, 9.17) is 27.9 Å². The van der Waals surface area contributed by atoms with Crippen molar-refractivity contribution in [2.24, 2.45) is 5.92 Å². The van der Waals surface area contributed by atoms with E-state index in [1.165, 1.54) is 4.90 Å². The first-order valence-corrected chi connectivity index (χ1v) is 9.37. The predicted molar refractivity (Wildman–Crippen MR) is 108 cm³/mol. The molecule has 1 aliphatic heterocycles. The molecule has 2 amide bonds. The largest absolute Gasteiger partial charge is 0.455 e. The van der Waals surface area contributed by atoms with Crippen LogP contribution < -0.4 is 10.2 Å². The van der Waals surface area contributed by atoms with E-state index < -0.39 is 24.4 Å². The Morgan fingerprint density at radius 2 is 2.00 bits per heavy atom. The van der Waals surface area contributed by atoms with Gasteiger partial charge < -0.3 is 15.0 Å². The number of nitrogens with zero attached hydrogens (tertiary/aromatic N) is 1. The Morgan fingerprint density at radius 1 is 1.21 bits per heavy atom. The van der Waals surface area contributed by atoms with E-state index in [0.29, 0.717) is 21.4 Å². The second-order valence-corrected chi connectivity index (χ2v) is 7.37. The molecule has 1 aliphatic rings. The molecular formula is C20H18Cl2N2O4. The van der Waals surface area contributed by atoms with Gasteiger partial charge in [0.1, 0.15) is 0 Å². The molecule has 1 fully saturated rings. The summed E-state index contributed by atoms with van der Waals surface area (Å²) in [6.07, 6.45) is -0.0127. The lowest BCUT2D eigenvalue weighted by molar-refractivity contribution is -0.151. The molecule has 1 heterocycles. The molecule has 6 nitrogen and oxygen atoms in total. The highest BCUT2D eigenvalue weighted by Gasteiger charge is 2.37. The monoisotopic (exact) mass is 420 g/mol. The quantitative estimate of drug-likeness (QED) is 0.745. The summed E-state index contributed by atoms with van der Waals surface area (Å²) in [5.41, 5.74) is 2.07. The van der Waals surface area contributed by atoms with Gasteiger partial charge in [0.2, 0.25) is 5.91 Å². The van der Waals surface area contributed by atoms with Crippen LogP contribution in [0.25, 0.3) is 0 Å². The Morgan fingerprint density at radius 3 is 2.75 bits per heavy atom. The Labute approximate surface area is 172 Å². The van der Waals surface area contributed by atoms with Gasteiger partial charge in [-0.05, 0) is 42.8 Å². The van der Waals surface area contributed by atoms with E-state index in [0.717, 1.165) is 5.56 Å². The van der Waals surface area contributed by atoms with Gasteiger partial charge in [-0.15, -0.1) is 0 Å². The maximum Gasteiger partial charge on any atom is 0.311 e. The number of aryl methyl sites for hydroxylation is 1. The third kappa shape index (κ3) is 4.82. The van der Waals surface area contributed by atoms with E-state index in [1.807, 2.05) is 25.1 Å². The second kappa shape index (κ2) is 8.63. The highest BCUT2D eigenvalue weighted by Crippen LogP contribution is 2.33. The zero-order chi connectivity index (χ0) is 20.3. The maximum atomic E-state index is 12.3. The topological polar surface area (TPSA) is 75.7 Å². The molecule has 0 saturated carbocycles. The lowest BCUT2D eigenvalue weighted by Gasteiger charge is -2.18. The molecule has 2 aromatic rings. The number of benzene rings is 2. The summed E-state index contributed by atoms with van der Waals surface area (Å²) >= 11 is 12.1. The number of anilines is 2. The van der Waals surface area contributed by atoms with Crippen LogP contribution in [0, 0.1) is 12.8 Å². The third-order valence-corrected chi connectivity index (χ3v) is 4.86. The van der Waals surface area contributed by atoms with Crippen molar-refractivity contribution in [3.63, 3.8) is 0 Å². The lowest BCUT2D eigenvalue weighted by atomic mass is 10.1. The summed E-state index contributed by atoms with van der Waals surface area (Å²) in [6.45, 7) is 1.61. The second-order valence-electron chi connectivity index (χ2n) is 6.53. The molecule has 2 aromatic carbocycles. The SMILES string of the molecule is Cc1cccc(NC(=O)COC(=O)[C@H]2CC(=O)N(c3cc(Cl)ccc3Cl)C2)c1. The Balaban J connectivity index is 1.56. The minimum atomic E-state index is -0.672. The van der Waals surface area contributed by atoms with Gasteiger partial charge in [-0.1, -0.05) is 35.3 Å². The molecular weight excluding hydrogens is 403 g/mol. The number of hydrogen-bond acceptors (Lipinski definition) is 4. The first kappa shape index (κ1) is 20.2. The molecule has 0 aromatic heterocycles. The summed E-state index contributed by atoms with van der Waals surface area (Å²) in [4.78, 5) is 38.0. The zero-order valence-electron chi connectivity index (χ0n) is 15.1. The van der Waals surface area contributed by atoms with Crippen LogP contribution in [0.15, 0.2) is 42.5 Å². The van der Waals surface area contributed by atoms with Crippen LogP contribution in [0.4, 0.5) is 11.4 Å². The molecule has 0 aliphatic carbocycles. The minimum Gasteiger partial charge on any atom is -0.455 e. The summed E-state index contributed by atoms with van der Waals surface area (Å²) in [6, 6.07) is 12.1. The molecule has 0 unspecified atom stereocenters. The first-order valence-electron chi connectivity index (χ1n) is 8.62. The zero-order valence-corrected chi connectivity index (χ0v) is 16.6. The van der Waals surface area contributed by atoms with Gasteiger partial charge in [0.05, 0.1) is 16.6 Å². The predicted octanol–water partition coefficient (Wildman–Crippen LogP) is 3.84. The number of hydrogen-bond donors (Lipinski definition) is 1. The van der Waals surface area contributed by atoms with Gasteiger partial charge in [0, 0.05) is 23.7 Å².